The first-order valence-corrected chi connectivity index (χ1v) is 9.02. The second-order valence-electron chi connectivity index (χ2n) is 7.84. The summed E-state index contributed by atoms with van der Waals surface area (Å²) in [4.78, 5) is 12.3. The summed E-state index contributed by atoms with van der Waals surface area (Å²) in [6.45, 7) is 9.89. The molecule has 0 unspecified atom stereocenters. The van der Waals surface area contributed by atoms with Crippen molar-refractivity contribution in [2.75, 3.05) is 26.9 Å². The molecule has 1 atom stereocenters. The van der Waals surface area contributed by atoms with Gasteiger partial charge in [-0.05, 0) is 46.2 Å². The Morgan fingerprint density at radius 3 is 2.50 bits per heavy atom. The van der Waals surface area contributed by atoms with Crippen LogP contribution in [-0.2, 0) is 18.8 Å². The van der Waals surface area contributed by atoms with E-state index in [0.717, 1.165) is 13.0 Å². The zero-order valence-electron chi connectivity index (χ0n) is 16.2. The maximum atomic E-state index is 12.3. The number of benzene rings is 1. The van der Waals surface area contributed by atoms with Gasteiger partial charge in [0, 0.05) is 18.0 Å². The van der Waals surface area contributed by atoms with Crippen LogP contribution in [0.25, 0.3) is 0 Å². The molecule has 2 saturated heterocycles. The first kappa shape index (κ1) is 19.2. The molecule has 0 aromatic heterocycles. The molecule has 0 aliphatic carbocycles. The maximum Gasteiger partial charge on any atom is 0.499 e. The average Bonchev–Trinajstić information content (AvgIpc) is 3.17. The molecular formula is C19H27BO6. The third kappa shape index (κ3) is 3.61. The van der Waals surface area contributed by atoms with Crippen LogP contribution in [0.5, 0.6) is 5.75 Å². The average molecular weight is 362 g/mol. The number of carbonyl (C=O) groups is 1. The zero-order valence-corrected chi connectivity index (χ0v) is 16.2. The summed E-state index contributed by atoms with van der Waals surface area (Å²) in [5.74, 6) is 0.491. The molecule has 2 aliphatic heterocycles. The van der Waals surface area contributed by atoms with Crippen LogP contribution in [0.4, 0.5) is 0 Å². The van der Waals surface area contributed by atoms with E-state index in [1.165, 1.54) is 7.11 Å². The van der Waals surface area contributed by atoms with Crippen molar-refractivity contribution in [3.63, 3.8) is 0 Å². The second-order valence-corrected chi connectivity index (χ2v) is 7.84. The molecule has 0 amide bonds. The molecule has 0 spiro atoms. The van der Waals surface area contributed by atoms with E-state index in [1.807, 2.05) is 33.8 Å². The third-order valence-electron chi connectivity index (χ3n) is 5.46. The van der Waals surface area contributed by atoms with Gasteiger partial charge in [-0.2, -0.15) is 0 Å². The van der Waals surface area contributed by atoms with E-state index >= 15 is 0 Å². The van der Waals surface area contributed by atoms with Crippen LogP contribution in [0.3, 0.4) is 0 Å². The van der Waals surface area contributed by atoms with E-state index in [1.54, 1.807) is 12.1 Å². The van der Waals surface area contributed by atoms with Crippen molar-refractivity contribution in [2.45, 2.75) is 45.3 Å². The Labute approximate surface area is 155 Å². The van der Waals surface area contributed by atoms with E-state index < -0.39 is 24.3 Å². The standard InChI is InChI=1S/C19H27BO6/c1-18(2)19(3,4)26-20(25-18)16-14(17(21)22-5)7-6-8-15(16)24-12-13-9-10-23-11-13/h6-8,13H,9-12H2,1-5H3/t13-/m0/s1. The van der Waals surface area contributed by atoms with Crippen LogP contribution < -0.4 is 10.2 Å². The van der Waals surface area contributed by atoms with E-state index in [0.29, 0.717) is 35.9 Å². The van der Waals surface area contributed by atoms with Crippen molar-refractivity contribution in [3.8, 4) is 5.75 Å². The van der Waals surface area contributed by atoms with E-state index in [2.05, 4.69) is 0 Å². The molecular weight excluding hydrogens is 335 g/mol. The van der Waals surface area contributed by atoms with Gasteiger partial charge in [0.15, 0.2) is 0 Å². The van der Waals surface area contributed by atoms with Crippen molar-refractivity contribution >= 4 is 18.6 Å². The molecule has 0 bridgehead atoms. The lowest BCUT2D eigenvalue weighted by atomic mass is 9.75. The Morgan fingerprint density at radius 2 is 1.92 bits per heavy atom. The predicted octanol–water partition coefficient (Wildman–Crippen LogP) is 2.19. The number of hydrogen-bond acceptors (Lipinski definition) is 6. The summed E-state index contributed by atoms with van der Waals surface area (Å²) < 4.78 is 28.7. The second kappa shape index (κ2) is 7.21. The van der Waals surface area contributed by atoms with E-state index in [-0.39, 0.29) is 0 Å². The first-order valence-electron chi connectivity index (χ1n) is 9.02. The highest BCUT2D eigenvalue weighted by Gasteiger charge is 2.53. The molecule has 6 nitrogen and oxygen atoms in total. The van der Waals surface area contributed by atoms with Gasteiger partial charge in [-0.1, -0.05) is 6.07 Å². The smallest absolute Gasteiger partial charge is 0.494 e. The van der Waals surface area contributed by atoms with Gasteiger partial charge in [-0.3, -0.25) is 0 Å². The Hall–Kier alpha value is -1.57. The van der Waals surface area contributed by atoms with Gasteiger partial charge >= 0.3 is 13.1 Å². The van der Waals surface area contributed by atoms with Crippen molar-refractivity contribution in [2.24, 2.45) is 5.92 Å². The number of carbonyl (C=O) groups excluding carboxylic acids is 1. The number of esters is 1. The van der Waals surface area contributed by atoms with Gasteiger partial charge in [-0.25, -0.2) is 4.79 Å². The molecule has 1 aromatic rings. The van der Waals surface area contributed by atoms with Crippen molar-refractivity contribution < 1.29 is 28.3 Å². The zero-order chi connectivity index (χ0) is 18.9. The molecule has 2 heterocycles. The van der Waals surface area contributed by atoms with E-state index in [4.69, 9.17) is 23.5 Å². The van der Waals surface area contributed by atoms with Gasteiger partial charge in [0.1, 0.15) is 5.75 Å². The van der Waals surface area contributed by atoms with Crippen molar-refractivity contribution in [1.29, 1.82) is 0 Å². The minimum atomic E-state index is -0.704. The summed E-state index contributed by atoms with van der Waals surface area (Å²) in [5.41, 5.74) is -0.0577. The number of hydrogen-bond donors (Lipinski definition) is 0. The first-order chi connectivity index (χ1) is 12.2. The fourth-order valence-corrected chi connectivity index (χ4v) is 3.08. The van der Waals surface area contributed by atoms with Gasteiger partial charge in [0.25, 0.3) is 0 Å². The summed E-state index contributed by atoms with van der Waals surface area (Å²) >= 11 is 0. The Bertz CT molecular complexity index is 650. The van der Waals surface area contributed by atoms with Gasteiger partial charge < -0.3 is 23.5 Å². The molecule has 2 fully saturated rings. The molecule has 3 rings (SSSR count). The number of methoxy groups -OCH3 is 1. The van der Waals surface area contributed by atoms with Crippen LogP contribution in [0.2, 0.25) is 0 Å². The van der Waals surface area contributed by atoms with Gasteiger partial charge in [0.05, 0.1) is 37.1 Å². The van der Waals surface area contributed by atoms with E-state index in [9.17, 15) is 4.79 Å². The normalized spacial score (nSPS) is 23.9. The highest BCUT2D eigenvalue weighted by molar-refractivity contribution is 6.64. The summed E-state index contributed by atoms with van der Waals surface area (Å²) in [7, 11) is 0.657. The summed E-state index contributed by atoms with van der Waals surface area (Å²) in [6, 6.07) is 5.32. The van der Waals surface area contributed by atoms with Crippen LogP contribution >= 0.6 is 0 Å². The molecule has 1 aromatic carbocycles. The topological polar surface area (TPSA) is 63.2 Å². The monoisotopic (exact) mass is 362 g/mol. The van der Waals surface area contributed by atoms with Crippen molar-refractivity contribution in [3.05, 3.63) is 23.8 Å². The van der Waals surface area contributed by atoms with Gasteiger partial charge in [-0.15, -0.1) is 0 Å². The quantitative estimate of drug-likeness (QED) is 0.591. The fourth-order valence-electron chi connectivity index (χ4n) is 3.08. The van der Waals surface area contributed by atoms with Crippen molar-refractivity contribution in [1.82, 2.24) is 0 Å². The number of rotatable bonds is 5. The molecule has 0 radical (unpaired) electrons. The minimum absolute atomic E-state index is 0.350. The predicted molar refractivity (Wildman–Crippen MR) is 97.9 cm³/mol. The minimum Gasteiger partial charge on any atom is -0.494 e. The van der Waals surface area contributed by atoms with Gasteiger partial charge in [0.2, 0.25) is 0 Å². The fraction of sp³-hybridized carbons (Fsp3) is 0.632. The lowest BCUT2D eigenvalue weighted by molar-refractivity contribution is 0.00578. The largest absolute Gasteiger partial charge is 0.499 e. The highest BCUT2D eigenvalue weighted by Crippen LogP contribution is 2.37. The number of ether oxygens (including phenoxy) is 3. The molecule has 26 heavy (non-hydrogen) atoms. The Kier molecular flexibility index (Phi) is 5.33. The lowest BCUT2D eigenvalue weighted by Gasteiger charge is -2.32. The molecule has 142 valence electrons. The summed E-state index contributed by atoms with van der Waals surface area (Å²) in [6.07, 6.45) is 0.975. The Morgan fingerprint density at radius 1 is 1.23 bits per heavy atom. The molecule has 7 heteroatoms. The molecule has 0 N–H and O–H groups in total. The highest BCUT2D eigenvalue weighted by atomic mass is 16.7. The molecule has 2 aliphatic rings. The summed E-state index contributed by atoms with van der Waals surface area (Å²) in [5, 5.41) is 0. The van der Waals surface area contributed by atoms with Crippen LogP contribution in [0, 0.1) is 5.92 Å². The third-order valence-corrected chi connectivity index (χ3v) is 5.46. The van der Waals surface area contributed by atoms with Crippen LogP contribution in [0.15, 0.2) is 18.2 Å². The maximum absolute atomic E-state index is 12.3. The lowest BCUT2D eigenvalue weighted by Crippen LogP contribution is -2.41. The molecule has 0 saturated carbocycles. The SMILES string of the molecule is COC(=O)c1cccc(OC[C@H]2CCOC2)c1B1OC(C)(C)C(C)(C)O1. The van der Waals surface area contributed by atoms with Crippen LogP contribution in [-0.4, -0.2) is 51.2 Å². The Balaban J connectivity index is 1.93. The van der Waals surface area contributed by atoms with Crippen LogP contribution in [0.1, 0.15) is 44.5 Å².